The second-order valence-corrected chi connectivity index (χ2v) is 9.13. The highest BCUT2D eigenvalue weighted by Crippen LogP contribution is 2.41. The largest absolute Gasteiger partial charge is 0.469 e. The molecule has 0 aromatic carbocycles. The number of hydrogen-bond acceptors (Lipinski definition) is 7. The minimum Gasteiger partial charge on any atom is -0.469 e. The lowest BCUT2D eigenvalue weighted by atomic mass is 10.0. The number of ether oxygens (including phenoxy) is 2. The normalized spacial score (nSPS) is 19.8. The Bertz CT molecular complexity index is 601. The summed E-state index contributed by atoms with van der Waals surface area (Å²) >= 11 is 1.60. The summed E-state index contributed by atoms with van der Waals surface area (Å²) in [6.45, 7) is 4.05. The molecule has 0 bridgehead atoms. The van der Waals surface area contributed by atoms with E-state index in [9.17, 15) is 19.8 Å². The van der Waals surface area contributed by atoms with Gasteiger partial charge in [0, 0.05) is 30.1 Å². The van der Waals surface area contributed by atoms with Crippen LogP contribution in [0.3, 0.4) is 0 Å². The lowest BCUT2D eigenvalue weighted by molar-refractivity contribution is -0.141. The molecule has 0 saturated heterocycles. The quantitative estimate of drug-likeness (QED) is 0.194. The molecule has 0 saturated carbocycles. The molecule has 0 unspecified atom stereocenters. The summed E-state index contributed by atoms with van der Waals surface area (Å²) in [6, 6.07) is 0. The number of hydrogen-bond donors (Lipinski definition) is 2. The van der Waals surface area contributed by atoms with Crippen molar-refractivity contribution in [3.8, 4) is 0 Å². The molecule has 0 radical (unpaired) electrons. The van der Waals surface area contributed by atoms with Crippen LogP contribution in [0, 0.1) is 5.92 Å². The summed E-state index contributed by atoms with van der Waals surface area (Å²) in [6.07, 6.45) is 10.7. The van der Waals surface area contributed by atoms with Crippen molar-refractivity contribution in [1.82, 2.24) is 0 Å². The molecule has 0 amide bonds. The highest BCUT2D eigenvalue weighted by Gasteiger charge is 2.34. The number of methoxy groups -OCH3 is 1. The molecule has 178 valence electrons. The van der Waals surface area contributed by atoms with E-state index in [1.54, 1.807) is 17.8 Å². The molecule has 3 atom stereocenters. The van der Waals surface area contributed by atoms with E-state index in [1.165, 1.54) is 7.11 Å². The van der Waals surface area contributed by atoms with Gasteiger partial charge in [-0.25, -0.2) is 0 Å². The van der Waals surface area contributed by atoms with Crippen LogP contribution in [0.4, 0.5) is 0 Å². The average Bonchev–Trinajstić information content (AvgIpc) is 3.02. The van der Waals surface area contributed by atoms with Crippen LogP contribution in [-0.2, 0) is 19.1 Å². The van der Waals surface area contributed by atoms with E-state index >= 15 is 0 Å². The van der Waals surface area contributed by atoms with Gasteiger partial charge in [0.05, 0.1) is 19.3 Å². The molecule has 0 heterocycles. The molecule has 1 aliphatic carbocycles. The van der Waals surface area contributed by atoms with Crippen molar-refractivity contribution in [2.24, 2.45) is 5.92 Å². The second kappa shape index (κ2) is 16.3. The monoisotopic (exact) mass is 456 g/mol. The van der Waals surface area contributed by atoms with Gasteiger partial charge in [0.2, 0.25) is 0 Å². The number of thioether (sulfide) groups is 1. The number of unbranched alkanes of at least 4 members (excludes halogenated alkanes) is 4. The molecular weight excluding hydrogens is 416 g/mol. The van der Waals surface area contributed by atoms with Crippen molar-refractivity contribution in [2.45, 2.75) is 96.7 Å². The van der Waals surface area contributed by atoms with Gasteiger partial charge in [-0.05, 0) is 31.4 Å². The maximum Gasteiger partial charge on any atom is 0.310 e. The average molecular weight is 457 g/mol. The Labute approximate surface area is 191 Å². The third-order valence-corrected chi connectivity index (χ3v) is 6.54. The number of esters is 2. The zero-order valence-electron chi connectivity index (χ0n) is 19.3. The molecule has 1 aliphatic rings. The Morgan fingerprint density at radius 1 is 1.10 bits per heavy atom. The molecule has 0 spiro atoms. The topological polar surface area (TPSA) is 93.1 Å². The van der Waals surface area contributed by atoms with Crippen molar-refractivity contribution in [1.29, 1.82) is 0 Å². The van der Waals surface area contributed by atoms with Gasteiger partial charge in [-0.3, -0.25) is 9.59 Å². The van der Waals surface area contributed by atoms with E-state index in [0.717, 1.165) is 49.2 Å². The number of aliphatic hydroxyl groups excluding tert-OH is 2. The summed E-state index contributed by atoms with van der Waals surface area (Å²) in [7, 11) is 1.39. The Morgan fingerprint density at radius 3 is 2.55 bits per heavy atom. The molecule has 0 aromatic heterocycles. The van der Waals surface area contributed by atoms with Crippen LogP contribution < -0.4 is 0 Å². The number of carbonyl (C=O) groups excluding carboxylic acids is 2. The molecule has 0 aliphatic heterocycles. The van der Waals surface area contributed by atoms with Gasteiger partial charge in [0.15, 0.2) is 0 Å². The molecule has 1 rings (SSSR count). The van der Waals surface area contributed by atoms with Gasteiger partial charge in [0.1, 0.15) is 5.76 Å². The smallest absolute Gasteiger partial charge is 0.310 e. The lowest BCUT2D eigenvalue weighted by Crippen LogP contribution is -2.14. The first kappa shape index (κ1) is 27.7. The number of aliphatic hydroxyl groups is 2. The third kappa shape index (κ3) is 11.2. The van der Waals surface area contributed by atoms with Gasteiger partial charge < -0.3 is 19.7 Å². The second-order valence-electron chi connectivity index (χ2n) is 7.99. The first-order valence-electron chi connectivity index (χ1n) is 11.6. The van der Waals surface area contributed by atoms with E-state index in [2.05, 4.69) is 11.7 Å². The van der Waals surface area contributed by atoms with Crippen LogP contribution in [0.25, 0.3) is 0 Å². The highest BCUT2D eigenvalue weighted by molar-refractivity contribution is 8.03. The summed E-state index contributed by atoms with van der Waals surface area (Å²) in [5, 5.41) is 20.8. The molecule has 0 aromatic rings. The minimum absolute atomic E-state index is 0.193. The van der Waals surface area contributed by atoms with Gasteiger partial charge in [-0.2, -0.15) is 0 Å². The fourth-order valence-electron chi connectivity index (χ4n) is 3.44. The number of rotatable bonds is 16. The van der Waals surface area contributed by atoms with Crippen LogP contribution in [0.15, 0.2) is 22.8 Å². The zero-order valence-corrected chi connectivity index (χ0v) is 20.1. The van der Waals surface area contributed by atoms with E-state index in [-0.39, 0.29) is 17.9 Å². The fourth-order valence-corrected chi connectivity index (χ4v) is 4.72. The van der Waals surface area contributed by atoms with Crippen LogP contribution in [0.1, 0.15) is 84.5 Å². The Balaban J connectivity index is 2.72. The summed E-state index contributed by atoms with van der Waals surface area (Å²) in [5.74, 6) is 0.625. The number of carbonyl (C=O) groups is 2. The first-order chi connectivity index (χ1) is 14.9. The SMILES string of the molecule is CCCCC[C@H](O)C=C[C@@H]1C(SCCCCCC(=O)OC)=C(OC(=O)CCC)C[C@H]1O. The van der Waals surface area contributed by atoms with Gasteiger partial charge in [-0.15, -0.1) is 11.8 Å². The molecule has 7 heteroatoms. The van der Waals surface area contributed by atoms with Gasteiger partial charge >= 0.3 is 11.9 Å². The predicted molar refractivity (Wildman–Crippen MR) is 124 cm³/mol. The molecule has 6 nitrogen and oxygen atoms in total. The maximum absolute atomic E-state index is 12.0. The third-order valence-electron chi connectivity index (χ3n) is 5.23. The van der Waals surface area contributed by atoms with Crippen molar-refractivity contribution in [3.05, 3.63) is 22.8 Å². The van der Waals surface area contributed by atoms with Crippen LogP contribution in [0.5, 0.6) is 0 Å². The Morgan fingerprint density at radius 2 is 1.87 bits per heavy atom. The molecule has 31 heavy (non-hydrogen) atoms. The van der Waals surface area contributed by atoms with Crippen LogP contribution in [0.2, 0.25) is 0 Å². The summed E-state index contributed by atoms with van der Waals surface area (Å²) in [4.78, 5) is 24.1. The molecule has 0 fully saturated rings. The van der Waals surface area contributed by atoms with E-state index in [0.29, 0.717) is 37.9 Å². The van der Waals surface area contributed by atoms with Crippen LogP contribution in [-0.4, -0.2) is 47.2 Å². The lowest BCUT2D eigenvalue weighted by Gasteiger charge is -2.15. The Kier molecular flexibility index (Phi) is 14.6. The van der Waals surface area contributed by atoms with E-state index in [1.807, 2.05) is 13.0 Å². The van der Waals surface area contributed by atoms with Crippen molar-refractivity contribution >= 4 is 23.7 Å². The minimum atomic E-state index is -0.662. The zero-order chi connectivity index (χ0) is 23.1. The summed E-state index contributed by atoms with van der Waals surface area (Å²) in [5.41, 5.74) is 0. The van der Waals surface area contributed by atoms with E-state index < -0.39 is 12.2 Å². The van der Waals surface area contributed by atoms with Crippen molar-refractivity contribution in [2.75, 3.05) is 12.9 Å². The molecular formula is C24H40O6S. The molecule has 2 N–H and O–H groups in total. The van der Waals surface area contributed by atoms with Crippen molar-refractivity contribution < 1.29 is 29.3 Å². The van der Waals surface area contributed by atoms with Gasteiger partial charge in [0.25, 0.3) is 0 Å². The predicted octanol–water partition coefficient (Wildman–Crippen LogP) is 4.89. The van der Waals surface area contributed by atoms with Crippen LogP contribution >= 0.6 is 11.8 Å². The first-order valence-corrected chi connectivity index (χ1v) is 12.6. The maximum atomic E-state index is 12.0. The van der Waals surface area contributed by atoms with Gasteiger partial charge in [-0.1, -0.05) is 51.7 Å². The fraction of sp³-hybridized carbons (Fsp3) is 0.750. The Hall–Kier alpha value is -1.31. The standard InChI is InChI=1S/C24H40O6S/c1-4-6-8-12-18(25)14-15-19-20(26)17-21(30-23(28)11-5-2)24(19)31-16-10-7-9-13-22(27)29-3/h14-15,18-20,25-26H,4-13,16-17H2,1-3H3/t18-,19-,20+/m0/s1. The van der Waals surface area contributed by atoms with Crippen molar-refractivity contribution in [3.63, 3.8) is 0 Å². The highest BCUT2D eigenvalue weighted by atomic mass is 32.2. The summed E-state index contributed by atoms with van der Waals surface area (Å²) < 4.78 is 10.2. The van der Waals surface area contributed by atoms with E-state index in [4.69, 9.17) is 4.74 Å².